The number of anilines is 2. The van der Waals surface area contributed by atoms with Crippen LogP contribution in [0.1, 0.15) is 33.6 Å². The molecule has 116 valence electrons. The van der Waals surface area contributed by atoms with Gasteiger partial charge in [-0.25, -0.2) is 0 Å². The summed E-state index contributed by atoms with van der Waals surface area (Å²) in [6, 6.07) is 8.54. The van der Waals surface area contributed by atoms with Gasteiger partial charge in [0.05, 0.1) is 0 Å². The maximum Gasteiger partial charge on any atom is 0.226 e. The molecule has 1 saturated heterocycles. The third kappa shape index (κ3) is 4.74. The molecule has 0 atom stereocenters. The zero-order chi connectivity index (χ0) is 15.2. The van der Waals surface area contributed by atoms with E-state index in [2.05, 4.69) is 28.5 Å². The molecule has 1 aromatic rings. The summed E-state index contributed by atoms with van der Waals surface area (Å²) in [4.78, 5) is 14.2. The first-order valence-electron chi connectivity index (χ1n) is 7.98. The fourth-order valence-electron chi connectivity index (χ4n) is 2.60. The third-order valence-electron chi connectivity index (χ3n) is 4.06. The molecule has 1 aromatic carbocycles. The van der Waals surface area contributed by atoms with Gasteiger partial charge >= 0.3 is 0 Å². The van der Waals surface area contributed by atoms with Gasteiger partial charge in [0.15, 0.2) is 0 Å². The Balaban J connectivity index is 1.91. The predicted molar refractivity (Wildman–Crippen MR) is 88.7 cm³/mol. The van der Waals surface area contributed by atoms with Crippen LogP contribution in [0.4, 0.5) is 11.4 Å². The SMILES string of the molecule is CCN1CCC(Nc2cccc(NC(=O)C(C)C)c2)CC1. The molecule has 0 bridgehead atoms. The van der Waals surface area contributed by atoms with Gasteiger partial charge in [0.1, 0.15) is 0 Å². The van der Waals surface area contributed by atoms with Crippen LogP contribution in [-0.2, 0) is 4.79 Å². The van der Waals surface area contributed by atoms with E-state index < -0.39 is 0 Å². The smallest absolute Gasteiger partial charge is 0.226 e. The fraction of sp³-hybridized carbons (Fsp3) is 0.588. The van der Waals surface area contributed by atoms with Crippen molar-refractivity contribution in [1.82, 2.24) is 4.90 Å². The summed E-state index contributed by atoms with van der Waals surface area (Å²) in [7, 11) is 0. The first kappa shape index (κ1) is 15.8. The molecular formula is C17H27N3O. The standard InChI is InChI=1S/C17H27N3O/c1-4-20-10-8-14(9-11-20)18-15-6-5-7-16(12-15)19-17(21)13(2)3/h5-7,12-14,18H,4,8-11H2,1-3H3,(H,19,21). The topological polar surface area (TPSA) is 44.4 Å². The Bertz CT molecular complexity index is 465. The molecule has 1 fully saturated rings. The van der Waals surface area contributed by atoms with Crippen LogP contribution in [0.2, 0.25) is 0 Å². The second-order valence-corrected chi connectivity index (χ2v) is 6.08. The molecule has 0 saturated carbocycles. The van der Waals surface area contributed by atoms with E-state index in [1.807, 2.05) is 32.0 Å². The van der Waals surface area contributed by atoms with Crippen LogP contribution in [0.5, 0.6) is 0 Å². The van der Waals surface area contributed by atoms with Crippen LogP contribution < -0.4 is 10.6 Å². The first-order chi connectivity index (χ1) is 10.1. The number of nitrogens with zero attached hydrogens (tertiary/aromatic N) is 1. The number of piperidine rings is 1. The average Bonchev–Trinajstić information content (AvgIpc) is 2.48. The van der Waals surface area contributed by atoms with Crippen molar-refractivity contribution in [3.8, 4) is 0 Å². The van der Waals surface area contributed by atoms with Crippen molar-refractivity contribution in [2.45, 2.75) is 39.7 Å². The summed E-state index contributed by atoms with van der Waals surface area (Å²) in [6.45, 7) is 9.49. The Morgan fingerprint density at radius 3 is 2.57 bits per heavy atom. The maximum absolute atomic E-state index is 11.7. The van der Waals surface area contributed by atoms with Crippen LogP contribution in [0.3, 0.4) is 0 Å². The molecule has 1 amide bonds. The van der Waals surface area contributed by atoms with Crippen LogP contribution >= 0.6 is 0 Å². The largest absolute Gasteiger partial charge is 0.382 e. The minimum atomic E-state index is -0.0000124. The number of rotatable bonds is 5. The second kappa shape index (κ2) is 7.46. The summed E-state index contributed by atoms with van der Waals surface area (Å²) in [5.41, 5.74) is 1.95. The van der Waals surface area contributed by atoms with E-state index in [1.165, 1.54) is 12.8 Å². The minimum absolute atomic E-state index is 0.0000124. The lowest BCUT2D eigenvalue weighted by molar-refractivity contribution is -0.118. The van der Waals surface area contributed by atoms with Gasteiger partial charge in [-0.15, -0.1) is 0 Å². The first-order valence-corrected chi connectivity index (χ1v) is 7.98. The van der Waals surface area contributed by atoms with Crippen LogP contribution in [0.15, 0.2) is 24.3 Å². The van der Waals surface area contributed by atoms with Crippen molar-refractivity contribution in [3.63, 3.8) is 0 Å². The lowest BCUT2D eigenvalue weighted by Gasteiger charge is -2.32. The lowest BCUT2D eigenvalue weighted by Crippen LogP contribution is -2.38. The Hall–Kier alpha value is -1.55. The van der Waals surface area contributed by atoms with E-state index in [4.69, 9.17) is 0 Å². The summed E-state index contributed by atoms with van der Waals surface area (Å²) in [5, 5.41) is 6.54. The molecule has 2 N–H and O–H groups in total. The zero-order valence-electron chi connectivity index (χ0n) is 13.4. The van der Waals surface area contributed by atoms with Gasteiger partial charge in [-0.05, 0) is 37.6 Å². The quantitative estimate of drug-likeness (QED) is 0.875. The van der Waals surface area contributed by atoms with Crippen molar-refractivity contribution in [2.24, 2.45) is 5.92 Å². The molecule has 4 heteroatoms. The molecule has 1 aliphatic rings. The molecule has 0 spiro atoms. The van der Waals surface area contributed by atoms with E-state index >= 15 is 0 Å². The molecule has 0 aliphatic carbocycles. The Morgan fingerprint density at radius 1 is 1.29 bits per heavy atom. The number of likely N-dealkylation sites (tertiary alicyclic amines) is 1. The van der Waals surface area contributed by atoms with Gasteiger partial charge in [-0.1, -0.05) is 26.8 Å². The van der Waals surface area contributed by atoms with Gasteiger partial charge in [0.2, 0.25) is 5.91 Å². The molecule has 1 heterocycles. The van der Waals surface area contributed by atoms with E-state index in [-0.39, 0.29) is 11.8 Å². The van der Waals surface area contributed by atoms with Gasteiger partial charge in [0.25, 0.3) is 0 Å². The molecule has 2 rings (SSSR count). The molecule has 1 aliphatic heterocycles. The normalized spacial score (nSPS) is 17.0. The Kier molecular flexibility index (Phi) is 5.62. The van der Waals surface area contributed by atoms with E-state index in [9.17, 15) is 4.79 Å². The highest BCUT2D eigenvalue weighted by atomic mass is 16.1. The van der Waals surface area contributed by atoms with Crippen molar-refractivity contribution in [1.29, 1.82) is 0 Å². The molecule has 0 unspecified atom stereocenters. The van der Waals surface area contributed by atoms with Gasteiger partial charge < -0.3 is 15.5 Å². The molecule has 4 nitrogen and oxygen atoms in total. The van der Waals surface area contributed by atoms with E-state index in [0.717, 1.165) is 31.0 Å². The minimum Gasteiger partial charge on any atom is -0.382 e. The number of benzene rings is 1. The number of hydrogen-bond acceptors (Lipinski definition) is 3. The van der Waals surface area contributed by atoms with Crippen molar-refractivity contribution >= 4 is 17.3 Å². The number of nitrogens with one attached hydrogen (secondary N) is 2. The van der Waals surface area contributed by atoms with Crippen LogP contribution in [0.25, 0.3) is 0 Å². The Morgan fingerprint density at radius 2 is 1.95 bits per heavy atom. The van der Waals surface area contributed by atoms with E-state index in [1.54, 1.807) is 0 Å². The van der Waals surface area contributed by atoms with Crippen LogP contribution in [0, 0.1) is 5.92 Å². The highest BCUT2D eigenvalue weighted by molar-refractivity contribution is 5.92. The summed E-state index contributed by atoms with van der Waals surface area (Å²) in [6.07, 6.45) is 2.35. The third-order valence-corrected chi connectivity index (χ3v) is 4.06. The maximum atomic E-state index is 11.7. The van der Waals surface area contributed by atoms with Gasteiger partial charge in [0, 0.05) is 36.4 Å². The number of carbonyl (C=O) groups excluding carboxylic acids is 1. The molecule has 0 aromatic heterocycles. The van der Waals surface area contributed by atoms with E-state index in [0.29, 0.717) is 6.04 Å². The van der Waals surface area contributed by atoms with Gasteiger partial charge in [-0.2, -0.15) is 0 Å². The highest BCUT2D eigenvalue weighted by Crippen LogP contribution is 2.20. The second-order valence-electron chi connectivity index (χ2n) is 6.08. The number of carbonyl (C=O) groups is 1. The molecular weight excluding hydrogens is 262 g/mol. The fourth-order valence-corrected chi connectivity index (χ4v) is 2.60. The zero-order valence-corrected chi connectivity index (χ0v) is 13.4. The highest BCUT2D eigenvalue weighted by Gasteiger charge is 2.17. The number of hydrogen-bond donors (Lipinski definition) is 2. The average molecular weight is 289 g/mol. The van der Waals surface area contributed by atoms with Crippen molar-refractivity contribution < 1.29 is 4.79 Å². The van der Waals surface area contributed by atoms with Crippen molar-refractivity contribution in [2.75, 3.05) is 30.3 Å². The Labute approximate surface area is 127 Å². The summed E-state index contributed by atoms with van der Waals surface area (Å²) < 4.78 is 0. The summed E-state index contributed by atoms with van der Waals surface area (Å²) in [5.74, 6) is 0.0587. The monoisotopic (exact) mass is 289 g/mol. The molecule has 0 radical (unpaired) electrons. The predicted octanol–water partition coefficient (Wildman–Crippen LogP) is 3.18. The van der Waals surface area contributed by atoms with Crippen LogP contribution in [-0.4, -0.2) is 36.5 Å². The van der Waals surface area contributed by atoms with Gasteiger partial charge in [-0.3, -0.25) is 4.79 Å². The van der Waals surface area contributed by atoms with Crippen molar-refractivity contribution in [3.05, 3.63) is 24.3 Å². The lowest BCUT2D eigenvalue weighted by atomic mass is 10.0. The summed E-state index contributed by atoms with van der Waals surface area (Å²) >= 11 is 0. The number of amides is 1. The molecule has 21 heavy (non-hydrogen) atoms.